The molecule has 4 rings (SSSR count). The molecule has 0 unspecified atom stereocenters. The molecular weight excluding hydrogens is 268 g/mol. The van der Waals surface area contributed by atoms with Crippen molar-refractivity contribution in [3.8, 4) is 0 Å². The zero-order valence-corrected chi connectivity index (χ0v) is 12.0. The summed E-state index contributed by atoms with van der Waals surface area (Å²) in [6.45, 7) is 2.64. The largest absolute Gasteiger partial charge is 0.352 e. The Bertz CT molecular complexity index is 588. The molecule has 0 radical (unpaired) electrons. The maximum Gasteiger partial charge on any atom is 0.213 e. The molecule has 7 nitrogen and oxygen atoms in total. The van der Waals surface area contributed by atoms with Gasteiger partial charge >= 0.3 is 0 Å². The minimum atomic E-state index is 0.494. The summed E-state index contributed by atoms with van der Waals surface area (Å²) in [5.41, 5.74) is 1.14. The van der Waals surface area contributed by atoms with E-state index in [1.807, 2.05) is 0 Å². The van der Waals surface area contributed by atoms with E-state index in [1.54, 1.807) is 0 Å². The number of hydrogen-bond acceptors (Lipinski definition) is 7. The summed E-state index contributed by atoms with van der Waals surface area (Å²) in [4.78, 5) is 8.55. The lowest BCUT2D eigenvalue weighted by Gasteiger charge is -2.44. The van der Waals surface area contributed by atoms with Crippen LogP contribution >= 0.6 is 0 Å². The highest BCUT2D eigenvalue weighted by molar-refractivity contribution is 5.42. The quantitative estimate of drug-likeness (QED) is 0.813. The average Bonchev–Trinajstić information content (AvgIpc) is 3.17. The molecule has 1 aliphatic heterocycles. The van der Waals surface area contributed by atoms with Gasteiger partial charge in [-0.15, -0.1) is 5.10 Å². The molecule has 0 spiro atoms. The van der Waals surface area contributed by atoms with Gasteiger partial charge in [0.25, 0.3) is 0 Å². The van der Waals surface area contributed by atoms with Crippen molar-refractivity contribution < 1.29 is 4.52 Å². The van der Waals surface area contributed by atoms with Crippen molar-refractivity contribution in [2.45, 2.75) is 31.3 Å². The van der Waals surface area contributed by atoms with Gasteiger partial charge in [-0.2, -0.15) is 10.1 Å². The van der Waals surface area contributed by atoms with Crippen molar-refractivity contribution in [2.24, 2.45) is 0 Å². The van der Waals surface area contributed by atoms with Crippen LogP contribution in [0.25, 0.3) is 0 Å². The fraction of sp³-hybridized carbons (Fsp3) is 0.571. The molecule has 0 bridgehead atoms. The third-order valence-electron chi connectivity index (χ3n) is 4.27. The van der Waals surface area contributed by atoms with Crippen LogP contribution in [0.4, 0.5) is 5.82 Å². The number of likely N-dealkylation sites (N-methyl/N-ethyl adjacent to an activating group) is 1. The highest BCUT2D eigenvalue weighted by Crippen LogP contribution is 2.38. The lowest BCUT2D eigenvalue weighted by molar-refractivity contribution is 0.190. The topological polar surface area (TPSA) is 71.2 Å². The second-order valence-electron chi connectivity index (χ2n) is 5.91. The maximum absolute atomic E-state index is 4.76. The van der Waals surface area contributed by atoms with E-state index in [1.165, 1.54) is 19.2 Å². The first-order valence-electron chi connectivity index (χ1n) is 7.33. The van der Waals surface area contributed by atoms with Crippen molar-refractivity contribution in [3.63, 3.8) is 0 Å². The Morgan fingerprint density at radius 2 is 2.14 bits per heavy atom. The molecule has 1 saturated carbocycles. The van der Waals surface area contributed by atoms with Crippen molar-refractivity contribution >= 4 is 5.82 Å². The summed E-state index contributed by atoms with van der Waals surface area (Å²) < 4.78 is 4.76. The minimum Gasteiger partial charge on any atom is -0.352 e. The number of nitrogens with zero attached hydrogens (tertiary/aromatic N) is 6. The zero-order valence-electron chi connectivity index (χ0n) is 12.0. The summed E-state index contributed by atoms with van der Waals surface area (Å²) in [7, 11) is 2.08. The van der Waals surface area contributed by atoms with E-state index in [9.17, 15) is 0 Å². The third-order valence-corrected chi connectivity index (χ3v) is 4.27. The van der Waals surface area contributed by atoms with Crippen LogP contribution in [-0.4, -0.2) is 51.4 Å². The minimum absolute atomic E-state index is 0.494. The van der Waals surface area contributed by atoms with Crippen LogP contribution in [0.15, 0.2) is 23.0 Å². The Hall–Kier alpha value is -2.02. The Morgan fingerprint density at radius 3 is 2.76 bits per heavy atom. The molecule has 1 aliphatic carbocycles. The molecule has 0 amide bonds. The van der Waals surface area contributed by atoms with E-state index in [-0.39, 0.29) is 0 Å². The van der Waals surface area contributed by atoms with Gasteiger partial charge in [-0.05, 0) is 32.0 Å². The summed E-state index contributed by atoms with van der Waals surface area (Å²) >= 11 is 0. The molecule has 1 saturated heterocycles. The number of aromatic nitrogens is 4. The smallest absolute Gasteiger partial charge is 0.213 e. The second kappa shape index (κ2) is 5.07. The van der Waals surface area contributed by atoms with Gasteiger partial charge in [0, 0.05) is 25.0 Å². The molecule has 3 heterocycles. The standard InChI is InChI=1S/C14H18N6O/c1-19(8-13-15-9-21-18-13)11-6-20(7-11)14-5-4-12(16-17-14)10-2-3-10/h4-5,9-11H,2-3,6-8H2,1H3. The first-order valence-corrected chi connectivity index (χ1v) is 7.33. The molecule has 2 aliphatic rings. The summed E-state index contributed by atoms with van der Waals surface area (Å²) in [6, 6.07) is 4.71. The Kier molecular flexibility index (Phi) is 3.07. The zero-order chi connectivity index (χ0) is 14.2. The maximum atomic E-state index is 4.76. The normalized spacial score (nSPS) is 19.0. The molecule has 0 N–H and O–H groups in total. The fourth-order valence-corrected chi connectivity index (χ4v) is 2.64. The van der Waals surface area contributed by atoms with Crippen LogP contribution < -0.4 is 4.90 Å². The number of hydrogen-bond donors (Lipinski definition) is 0. The Balaban J connectivity index is 1.31. The van der Waals surface area contributed by atoms with Crippen LogP contribution in [0.2, 0.25) is 0 Å². The summed E-state index contributed by atoms with van der Waals surface area (Å²) in [5, 5.41) is 12.5. The van der Waals surface area contributed by atoms with Crippen molar-refractivity contribution in [3.05, 3.63) is 30.0 Å². The van der Waals surface area contributed by atoms with Gasteiger partial charge in [-0.1, -0.05) is 5.16 Å². The van der Waals surface area contributed by atoms with Crippen LogP contribution in [0, 0.1) is 0 Å². The van der Waals surface area contributed by atoms with E-state index in [2.05, 4.69) is 49.3 Å². The fourth-order valence-electron chi connectivity index (χ4n) is 2.64. The molecule has 2 aromatic rings. The predicted molar refractivity (Wildman–Crippen MR) is 75.8 cm³/mol. The van der Waals surface area contributed by atoms with Gasteiger partial charge < -0.3 is 9.42 Å². The van der Waals surface area contributed by atoms with Gasteiger partial charge in [0.05, 0.1) is 12.2 Å². The van der Waals surface area contributed by atoms with Crippen LogP contribution in [0.3, 0.4) is 0 Å². The predicted octanol–water partition coefficient (Wildman–Crippen LogP) is 1.06. The van der Waals surface area contributed by atoms with Crippen molar-refractivity contribution in [1.29, 1.82) is 0 Å². The summed E-state index contributed by atoms with van der Waals surface area (Å²) in [5.74, 6) is 2.37. The third kappa shape index (κ3) is 2.61. The molecule has 2 fully saturated rings. The highest BCUT2D eigenvalue weighted by atomic mass is 16.5. The SMILES string of the molecule is CN(Cc1ncon1)C1CN(c2ccc(C3CC3)nn2)C1. The lowest BCUT2D eigenvalue weighted by atomic mass is 10.1. The van der Waals surface area contributed by atoms with Crippen LogP contribution in [0.1, 0.15) is 30.3 Å². The lowest BCUT2D eigenvalue weighted by Crippen LogP contribution is -2.58. The van der Waals surface area contributed by atoms with Gasteiger partial charge in [0.2, 0.25) is 6.39 Å². The van der Waals surface area contributed by atoms with E-state index < -0.39 is 0 Å². The monoisotopic (exact) mass is 286 g/mol. The Morgan fingerprint density at radius 1 is 1.29 bits per heavy atom. The first-order chi connectivity index (χ1) is 10.3. The van der Waals surface area contributed by atoms with Crippen molar-refractivity contribution in [1.82, 2.24) is 25.2 Å². The van der Waals surface area contributed by atoms with Gasteiger partial charge in [0.1, 0.15) is 0 Å². The molecule has 2 aromatic heterocycles. The molecule has 7 heteroatoms. The van der Waals surface area contributed by atoms with Crippen LogP contribution in [0.5, 0.6) is 0 Å². The summed E-state index contributed by atoms with van der Waals surface area (Å²) in [6.07, 6.45) is 3.90. The van der Waals surface area contributed by atoms with Gasteiger partial charge in [-0.25, -0.2) is 0 Å². The Labute approximate surface area is 123 Å². The second-order valence-corrected chi connectivity index (χ2v) is 5.91. The molecule has 0 aromatic carbocycles. The first kappa shape index (κ1) is 12.7. The van der Waals surface area contributed by atoms with Crippen LogP contribution in [-0.2, 0) is 6.54 Å². The highest BCUT2D eigenvalue weighted by Gasteiger charge is 2.32. The van der Waals surface area contributed by atoms with Gasteiger partial charge in [-0.3, -0.25) is 4.90 Å². The number of rotatable bonds is 5. The number of anilines is 1. The average molecular weight is 286 g/mol. The van der Waals surface area contributed by atoms with E-state index >= 15 is 0 Å². The molecule has 21 heavy (non-hydrogen) atoms. The van der Waals surface area contributed by atoms with Crippen molar-refractivity contribution in [2.75, 3.05) is 25.0 Å². The van der Waals surface area contributed by atoms with E-state index in [0.29, 0.717) is 18.5 Å². The molecule has 110 valence electrons. The van der Waals surface area contributed by atoms with E-state index in [0.717, 1.165) is 30.4 Å². The molecule has 0 atom stereocenters. The molecular formula is C14H18N6O. The van der Waals surface area contributed by atoms with Gasteiger partial charge in [0.15, 0.2) is 11.6 Å². The van der Waals surface area contributed by atoms with E-state index in [4.69, 9.17) is 4.52 Å².